The molecule has 0 aliphatic rings. The number of rotatable bonds is 3. The third-order valence-corrected chi connectivity index (χ3v) is 2.27. The van der Waals surface area contributed by atoms with Crippen LogP contribution in [0.2, 0.25) is 0 Å². The van der Waals surface area contributed by atoms with Crippen molar-refractivity contribution in [1.82, 2.24) is 0 Å². The van der Waals surface area contributed by atoms with Crippen LogP contribution in [-0.4, -0.2) is 0 Å². The summed E-state index contributed by atoms with van der Waals surface area (Å²) in [6.45, 7) is 8.24. The molecule has 0 aromatic heterocycles. The maximum Gasteiger partial charge on any atom is -0.0276 e. The third kappa shape index (κ3) is 2.10. The standard InChI is InChI=1S/C12H17/c1-4-6-12-9-11(5-2)8-7-10(12)3/h7-9H,1,4-6H2,2-3H3. The largest absolute Gasteiger partial charge is 0.0613 e. The quantitative estimate of drug-likeness (QED) is 0.638. The first-order valence-electron chi connectivity index (χ1n) is 4.65. The van der Waals surface area contributed by atoms with Gasteiger partial charge in [-0.1, -0.05) is 32.0 Å². The summed E-state index contributed by atoms with van der Waals surface area (Å²) in [5, 5.41) is 0. The molecule has 0 spiro atoms. The third-order valence-electron chi connectivity index (χ3n) is 2.27. The Morgan fingerprint density at radius 2 is 2.08 bits per heavy atom. The molecule has 1 rings (SSSR count). The minimum atomic E-state index is 0.994. The zero-order valence-corrected chi connectivity index (χ0v) is 8.06. The van der Waals surface area contributed by atoms with Gasteiger partial charge in [0.1, 0.15) is 0 Å². The van der Waals surface area contributed by atoms with E-state index in [1.54, 1.807) is 0 Å². The number of benzene rings is 1. The van der Waals surface area contributed by atoms with E-state index in [4.69, 9.17) is 0 Å². The Hall–Kier alpha value is -0.780. The fraction of sp³-hybridized carbons (Fsp3) is 0.417. The van der Waals surface area contributed by atoms with Gasteiger partial charge in [0, 0.05) is 0 Å². The van der Waals surface area contributed by atoms with E-state index in [0.717, 1.165) is 19.3 Å². The van der Waals surface area contributed by atoms with Gasteiger partial charge in [0.25, 0.3) is 0 Å². The average Bonchev–Trinajstić information content (AvgIpc) is 2.09. The first-order valence-corrected chi connectivity index (χ1v) is 4.65. The van der Waals surface area contributed by atoms with E-state index in [0.29, 0.717) is 0 Å². The molecule has 0 fully saturated rings. The van der Waals surface area contributed by atoms with Crippen molar-refractivity contribution in [3.05, 3.63) is 41.8 Å². The molecule has 0 bridgehead atoms. The first-order chi connectivity index (χ1) is 5.77. The van der Waals surface area contributed by atoms with E-state index in [-0.39, 0.29) is 0 Å². The summed E-state index contributed by atoms with van der Waals surface area (Å²) in [6, 6.07) is 6.73. The first kappa shape index (κ1) is 9.31. The lowest BCUT2D eigenvalue weighted by atomic mass is 10.0. The van der Waals surface area contributed by atoms with E-state index in [2.05, 4.69) is 39.0 Å². The van der Waals surface area contributed by atoms with E-state index in [9.17, 15) is 0 Å². The molecular formula is C12H17. The highest BCUT2D eigenvalue weighted by molar-refractivity contribution is 5.31. The molecule has 12 heavy (non-hydrogen) atoms. The van der Waals surface area contributed by atoms with Gasteiger partial charge in [0.15, 0.2) is 0 Å². The maximum absolute atomic E-state index is 3.88. The highest BCUT2D eigenvalue weighted by Crippen LogP contribution is 2.13. The second-order valence-corrected chi connectivity index (χ2v) is 3.22. The van der Waals surface area contributed by atoms with Crippen molar-refractivity contribution in [2.45, 2.75) is 33.1 Å². The molecule has 1 aromatic carbocycles. The van der Waals surface area contributed by atoms with E-state index >= 15 is 0 Å². The summed E-state index contributed by atoms with van der Waals surface area (Å²) >= 11 is 0. The molecule has 0 heteroatoms. The summed E-state index contributed by atoms with van der Waals surface area (Å²) in [7, 11) is 0. The van der Waals surface area contributed by atoms with Gasteiger partial charge < -0.3 is 0 Å². The fourth-order valence-corrected chi connectivity index (χ4v) is 1.40. The van der Waals surface area contributed by atoms with Crippen molar-refractivity contribution in [2.24, 2.45) is 0 Å². The molecule has 0 amide bonds. The highest BCUT2D eigenvalue weighted by Gasteiger charge is 1.97. The second kappa shape index (κ2) is 4.30. The molecule has 0 aliphatic carbocycles. The lowest BCUT2D eigenvalue weighted by molar-refractivity contribution is 0.974. The lowest BCUT2D eigenvalue weighted by Crippen LogP contribution is -1.91. The van der Waals surface area contributed by atoms with Crippen LogP contribution in [0.4, 0.5) is 0 Å². The summed E-state index contributed by atoms with van der Waals surface area (Å²) in [4.78, 5) is 0. The molecule has 0 atom stereocenters. The zero-order chi connectivity index (χ0) is 8.97. The van der Waals surface area contributed by atoms with Crippen LogP contribution in [0, 0.1) is 13.8 Å². The number of hydrogen-bond acceptors (Lipinski definition) is 0. The molecular weight excluding hydrogens is 144 g/mol. The van der Waals surface area contributed by atoms with Crippen LogP contribution in [0.3, 0.4) is 0 Å². The van der Waals surface area contributed by atoms with Gasteiger partial charge in [-0.25, -0.2) is 0 Å². The Labute approximate surface area is 75.6 Å². The SMILES string of the molecule is [CH2]CCc1cc(CC)ccc1C. The Morgan fingerprint density at radius 1 is 1.33 bits per heavy atom. The molecule has 0 nitrogen and oxygen atoms in total. The summed E-state index contributed by atoms with van der Waals surface area (Å²) in [5.74, 6) is 0. The molecule has 0 unspecified atom stereocenters. The minimum absolute atomic E-state index is 0.994. The number of aryl methyl sites for hydroxylation is 3. The van der Waals surface area contributed by atoms with Gasteiger partial charge in [-0.2, -0.15) is 0 Å². The van der Waals surface area contributed by atoms with Crippen molar-refractivity contribution < 1.29 is 0 Å². The van der Waals surface area contributed by atoms with Gasteiger partial charge in [-0.15, -0.1) is 0 Å². The zero-order valence-electron chi connectivity index (χ0n) is 8.06. The van der Waals surface area contributed by atoms with Crippen LogP contribution >= 0.6 is 0 Å². The smallest absolute Gasteiger partial charge is 0.0276 e. The second-order valence-electron chi connectivity index (χ2n) is 3.22. The van der Waals surface area contributed by atoms with Crippen LogP contribution in [0.25, 0.3) is 0 Å². The predicted molar refractivity (Wildman–Crippen MR) is 54.2 cm³/mol. The Morgan fingerprint density at radius 3 is 2.67 bits per heavy atom. The normalized spacial score (nSPS) is 10.2. The average molecular weight is 161 g/mol. The Balaban J connectivity index is 2.91. The van der Waals surface area contributed by atoms with Crippen LogP contribution < -0.4 is 0 Å². The van der Waals surface area contributed by atoms with Crippen LogP contribution in [-0.2, 0) is 12.8 Å². The molecule has 1 aromatic rings. The molecule has 0 aliphatic heterocycles. The molecule has 0 saturated heterocycles. The van der Waals surface area contributed by atoms with Crippen LogP contribution in [0.1, 0.15) is 30.0 Å². The minimum Gasteiger partial charge on any atom is -0.0613 e. The van der Waals surface area contributed by atoms with E-state index < -0.39 is 0 Å². The van der Waals surface area contributed by atoms with Gasteiger partial charge >= 0.3 is 0 Å². The van der Waals surface area contributed by atoms with Gasteiger partial charge in [0.05, 0.1) is 0 Å². The van der Waals surface area contributed by atoms with E-state index in [1.165, 1.54) is 16.7 Å². The van der Waals surface area contributed by atoms with Crippen molar-refractivity contribution in [3.8, 4) is 0 Å². The Bertz CT molecular complexity index is 248. The number of hydrogen-bond donors (Lipinski definition) is 0. The van der Waals surface area contributed by atoms with E-state index in [1.807, 2.05) is 0 Å². The molecule has 0 heterocycles. The van der Waals surface area contributed by atoms with Crippen molar-refractivity contribution in [1.29, 1.82) is 0 Å². The van der Waals surface area contributed by atoms with Crippen molar-refractivity contribution in [2.75, 3.05) is 0 Å². The topological polar surface area (TPSA) is 0 Å². The van der Waals surface area contributed by atoms with Crippen molar-refractivity contribution in [3.63, 3.8) is 0 Å². The van der Waals surface area contributed by atoms with Gasteiger partial charge in [0.2, 0.25) is 0 Å². The fourth-order valence-electron chi connectivity index (χ4n) is 1.40. The Kier molecular flexibility index (Phi) is 3.33. The predicted octanol–water partition coefficient (Wildman–Crippen LogP) is 3.32. The highest BCUT2D eigenvalue weighted by atomic mass is 14.0. The van der Waals surface area contributed by atoms with Crippen molar-refractivity contribution >= 4 is 0 Å². The lowest BCUT2D eigenvalue weighted by Gasteiger charge is -2.05. The molecule has 65 valence electrons. The molecule has 1 radical (unpaired) electrons. The maximum atomic E-state index is 3.88. The summed E-state index contributed by atoms with van der Waals surface area (Å²) < 4.78 is 0. The molecule has 0 saturated carbocycles. The molecule has 0 N–H and O–H groups in total. The van der Waals surface area contributed by atoms with Crippen LogP contribution in [0.15, 0.2) is 18.2 Å². The summed E-state index contributed by atoms with van der Waals surface area (Å²) in [5.41, 5.74) is 4.30. The summed E-state index contributed by atoms with van der Waals surface area (Å²) in [6.07, 6.45) is 3.23. The van der Waals surface area contributed by atoms with Gasteiger partial charge in [-0.05, 0) is 42.9 Å². The van der Waals surface area contributed by atoms with Gasteiger partial charge in [-0.3, -0.25) is 0 Å². The monoisotopic (exact) mass is 161 g/mol. The van der Waals surface area contributed by atoms with Crippen LogP contribution in [0.5, 0.6) is 0 Å².